The van der Waals surface area contributed by atoms with E-state index < -0.39 is 5.54 Å². The molecule has 0 radical (unpaired) electrons. The van der Waals surface area contributed by atoms with E-state index in [1.165, 1.54) is 0 Å². The molecule has 2 aliphatic rings. The van der Waals surface area contributed by atoms with Gasteiger partial charge >= 0.3 is 0 Å². The number of aliphatic imine (C=N–C) groups is 1. The molecule has 2 unspecified atom stereocenters. The van der Waals surface area contributed by atoms with Gasteiger partial charge in [-0.1, -0.05) is 0 Å². The van der Waals surface area contributed by atoms with E-state index in [1.807, 2.05) is 7.05 Å². The number of carbonyl (C=O) groups excluding carboxylic acids is 1. The molecular weight excluding hydrogens is 168 g/mol. The number of nitrogens with zero attached hydrogens (tertiary/aromatic N) is 2. The van der Waals surface area contributed by atoms with Gasteiger partial charge in [-0.3, -0.25) is 10.1 Å². The van der Waals surface area contributed by atoms with E-state index in [1.54, 1.807) is 0 Å². The Kier molecular flexibility index (Phi) is 1.60. The summed E-state index contributed by atoms with van der Waals surface area (Å²) in [5.41, 5.74) is 4.87. The van der Waals surface area contributed by atoms with Crippen molar-refractivity contribution in [1.82, 2.24) is 10.2 Å². The highest BCUT2D eigenvalue weighted by atomic mass is 16.2. The van der Waals surface area contributed by atoms with Gasteiger partial charge < -0.3 is 10.6 Å². The van der Waals surface area contributed by atoms with Gasteiger partial charge in [0.05, 0.1) is 0 Å². The predicted molar refractivity (Wildman–Crippen MR) is 49.2 cm³/mol. The number of amides is 1. The SMILES string of the molecule is CC1CC2(CN1C)N=C(N)NC2=O. The maximum atomic E-state index is 11.6. The molecule has 2 aliphatic heterocycles. The van der Waals surface area contributed by atoms with Crippen LogP contribution in [-0.2, 0) is 4.79 Å². The van der Waals surface area contributed by atoms with E-state index in [-0.39, 0.29) is 11.9 Å². The predicted octanol–water partition coefficient (Wildman–Crippen LogP) is -1.11. The third-order valence-electron chi connectivity index (χ3n) is 2.90. The average Bonchev–Trinajstić information content (AvgIpc) is 2.40. The van der Waals surface area contributed by atoms with E-state index in [2.05, 4.69) is 22.1 Å². The summed E-state index contributed by atoms with van der Waals surface area (Å²) >= 11 is 0. The normalized spacial score (nSPS) is 39.7. The van der Waals surface area contributed by atoms with Crippen LogP contribution in [0.4, 0.5) is 0 Å². The standard InChI is InChI=1S/C8H14N4O/c1-5-3-8(4-12(5)2)6(13)10-7(9)11-8/h5H,3-4H2,1-2H3,(H3,9,10,11,13). The van der Waals surface area contributed by atoms with Crippen molar-refractivity contribution in [3.8, 4) is 0 Å². The Morgan fingerprint density at radius 2 is 2.46 bits per heavy atom. The summed E-state index contributed by atoms with van der Waals surface area (Å²) in [6, 6.07) is 0.389. The first-order valence-electron chi connectivity index (χ1n) is 4.40. The van der Waals surface area contributed by atoms with Gasteiger partial charge in [0, 0.05) is 12.6 Å². The Bertz CT molecular complexity index is 276. The van der Waals surface area contributed by atoms with Crippen molar-refractivity contribution in [3.05, 3.63) is 0 Å². The van der Waals surface area contributed by atoms with Gasteiger partial charge in [0.1, 0.15) is 0 Å². The molecule has 1 fully saturated rings. The maximum Gasteiger partial charge on any atom is 0.256 e. The average molecular weight is 182 g/mol. The van der Waals surface area contributed by atoms with Gasteiger partial charge in [-0.2, -0.15) is 0 Å². The summed E-state index contributed by atoms with van der Waals surface area (Å²) < 4.78 is 0. The monoisotopic (exact) mass is 182 g/mol. The number of nitrogens with one attached hydrogen (secondary N) is 1. The highest BCUT2D eigenvalue weighted by Crippen LogP contribution is 2.31. The molecule has 1 saturated heterocycles. The Labute approximate surface area is 77.0 Å². The molecular formula is C8H14N4O. The summed E-state index contributed by atoms with van der Waals surface area (Å²) in [6.45, 7) is 2.76. The Morgan fingerprint density at radius 3 is 2.85 bits per heavy atom. The lowest BCUT2D eigenvalue weighted by atomic mass is 9.97. The molecule has 72 valence electrons. The lowest BCUT2D eigenvalue weighted by molar-refractivity contribution is -0.123. The highest BCUT2D eigenvalue weighted by Gasteiger charge is 2.50. The molecule has 0 aliphatic carbocycles. The van der Waals surface area contributed by atoms with Crippen LogP contribution in [-0.4, -0.2) is 41.9 Å². The van der Waals surface area contributed by atoms with Gasteiger partial charge in [-0.25, -0.2) is 4.99 Å². The maximum absolute atomic E-state index is 11.6. The molecule has 13 heavy (non-hydrogen) atoms. The lowest BCUT2D eigenvalue weighted by Gasteiger charge is -2.15. The number of hydrogen-bond donors (Lipinski definition) is 2. The second kappa shape index (κ2) is 2.45. The van der Waals surface area contributed by atoms with Crippen LogP contribution in [0.3, 0.4) is 0 Å². The van der Waals surface area contributed by atoms with E-state index in [0.717, 1.165) is 6.42 Å². The summed E-state index contributed by atoms with van der Waals surface area (Å²) in [4.78, 5) is 17.9. The summed E-state index contributed by atoms with van der Waals surface area (Å²) in [5, 5.41) is 2.55. The molecule has 2 atom stereocenters. The first kappa shape index (κ1) is 8.50. The van der Waals surface area contributed by atoms with Gasteiger partial charge in [-0.05, 0) is 20.4 Å². The fourth-order valence-corrected chi connectivity index (χ4v) is 2.06. The van der Waals surface area contributed by atoms with Crippen molar-refractivity contribution in [3.63, 3.8) is 0 Å². The Hall–Kier alpha value is -1.10. The number of nitrogens with two attached hydrogens (primary N) is 1. The highest BCUT2D eigenvalue weighted by molar-refractivity contribution is 6.07. The van der Waals surface area contributed by atoms with Crippen LogP contribution in [0.2, 0.25) is 0 Å². The molecule has 3 N–H and O–H groups in total. The zero-order valence-corrected chi connectivity index (χ0v) is 7.87. The summed E-state index contributed by atoms with van der Waals surface area (Å²) in [6.07, 6.45) is 0.760. The first-order chi connectivity index (χ1) is 6.03. The third-order valence-corrected chi connectivity index (χ3v) is 2.90. The first-order valence-corrected chi connectivity index (χ1v) is 4.40. The molecule has 1 amide bonds. The summed E-state index contributed by atoms with van der Waals surface area (Å²) in [7, 11) is 2.00. The van der Waals surface area contributed by atoms with Crippen LogP contribution in [0, 0.1) is 0 Å². The zero-order valence-electron chi connectivity index (χ0n) is 7.87. The molecule has 2 heterocycles. The van der Waals surface area contributed by atoms with Crippen LogP contribution < -0.4 is 11.1 Å². The molecule has 0 aromatic carbocycles. The quantitative estimate of drug-likeness (QED) is 0.499. The van der Waals surface area contributed by atoms with Crippen molar-refractivity contribution < 1.29 is 4.79 Å². The Balaban J connectivity index is 2.28. The minimum atomic E-state index is -0.599. The lowest BCUT2D eigenvalue weighted by Crippen LogP contribution is -2.42. The molecule has 0 aromatic rings. The van der Waals surface area contributed by atoms with Gasteiger partial charge in [0.15, 0.2) is 11.5 Å². The largest absolute Gasteiger partial charge is 0.370 e. The molecule has 2 rings (SSSR count). The van der Waals surface area contributed by atoms with E-state index in [9.17, 15) is 4.79 Å². The van der Waals surface area contributed by atoms with Crippen molar-refractivity contribution in [2.24, 2.45) is 10.7 Å². The van der Waals surface area contributed by atoms with Crippen molar-refractivity contribution >= 4 is 11.9 Å². The minimum Gasteiger partial charge on any atom is -0.370 e. The van der Waals surface area contributed by atoms with E-state index in [4.69, 9.17) is 5.73 Å². The van der Waals surface area contributed by atoms with Crippen LogP contribution in [0.25, 0.3) is 0 Å². The van der Waals surface area contributed by atoms with Gasteiger partial charge in [-0.15, -0.1) is 0 Å². The van der Waals surface area contributed by atoms with Gasteiger partial charge in [0.2, 0.25) is 0 Å². The molecule has 5 nitrogen and oxygen atoms in total. The topological polar surface area (TPSA) is 70.7 Å². The number of rotatable bonds is 0. The third kappa shape index (κ3) is 1.11. The molecule has 0 aromatic heterocycles. The number of guanidine groups is 1. The minimum absolute atomic E-state index is 0.0544. The number of likely N-dealkylation sites (N-methyl/N-ethyl adjacent to an activating group) is 1. The number of carbonyl (C=O) groups is 1. The second-order valence-corrected chi connectivity index (χ2v) is 3.95. The Morgan fingerprint density at radius 1 is 1.77 bits per heavy atom. The van der Waals surface area contributed by atoms with Crippen LogP contribution in [0.1, 0.15) is 13.3 Å². The summed E-state index contributed by atoms with van der Waals surface area (Å²) in [5.74, 6) is 0.203. The second-order valence-electron chi connectivity index (χ2n) is 3.95. The molecule has 1 spiro atoms. The van der Waals surface area contributed by atoms with E-state index >= 15 is 0 Å². The van der Waals surface area contributed by atoms with Gasteiger partial charge in [0.25, 0.3) is 5.91 Å². The smallest absolute Gasteiger partial charge is 0.256 e. The van der Waals surface area contributed by atoms with Crippen molar-refractivity contribution in [2.75, 3.05) is 13.6 Å². The van der Waals surface area contributed by atoms with Crippen LogP contribution in [0.15, 0.2) is 4.99 Å². The van der Waals surface area contributed by atoms with Crippen molar-refractivity contribution in [1.29, 1.82) is 0 Å². The fraction of sp³-hybridized carbons (Fsp3) is 0.750. The molecule has 0 bridgehead atoms. The zero-order chi connectivity index (χ0) is 9.64. The van der Waals surface area contributed by atoms with Crippen molar-refractivity contribution in [2.45, 2.75) is 24.9 Å². The molecule has 5 heteroatoms. The molecule has 0 saturated carbocycles. The van der Waals surface area contributed by atoms with Crippen LogP contribution >= 0.6 is 0 Å². The fourth-order valence-electron chi connectivity index (χ4n) is 2.06. The van der Waals surface area contributed by atoms with E-state index in [0.29, 0.717) is 12.6 Å². The number of hydrogen-bond acceptors (Lipinski definition) is 4. The number of likely N-dealkylation sites (tertiary alicyclic amines) is 1. The van der Waals surface area contributed by atoms with Crippen LogP contribution in [0.5, 0.6) is 0 Å².